The van der Waals surface area contributed by atoms with E-state index in [9.17, 15) is 9.59 Å². The van der Waals surface area contributed by atoms with Gasteiger partial charge in [0.15, 0.2) is 17.3 Å². The highest BCUT2D eigenvalue weighted by Crippen LogP contribution is 2.50. The average molecular weight is 570 g/mol. The number of Topliss-reactive ketones (excluding diaryl/α,β-unsaturated/α-hetero) is 1. The molecule has 0 fully saturated rings. The molecule has 8 heteroatoms. The fourth-order valence-electron chi connectivity index (χ4n) is 6.03. The van der Waals surface area contributed by atoms with E-state index in [-0.39, 0.29) is 23.7 Å². The van der Waals surface area contributed by atoms with Gasteiger partial charge in [-0.1, -0.05) is 56.3 Å². The number of carbonyl (C=O) groups excluding carboxylic acids is 2. The molecule has 3 aromatic carbocycles. The molecule has 0 bridgehead atoms. The molecule has 0 radical (unpaired) electrons. The highest BCUT2D eigenvalue weighted by atomic mass is 16.5. The zero-order valence-corrected chi connectivity index (χ0v) is 25.0. The first kappa shape index (κ1) is 29.0. The number of rotatable bonds is 9. The normalized spacial score (nSPS) is 17.4. The van der Waals surface area contributed by atoms with E-state index in [1.54, 1.807) is 21.3 Å². The molecule has 2 aliphatic rings. The van der Waals surface area contributed by atoms with Crippen LogP contribution in [0, 0.1) is 5.41 Å². The predicted octanol–water partition coefficient (Wildman–Crippen LogP) is 5.69. The van der Waals surface area contributed by atoms with Gasteiger partial charge in [-0.15, -0.1) is 0 Å². The number of ketones is 1. The van der Waals surface area contributed by atoms with E-state index in [4.69, 9.17) is 14.2 Å². The first-order valence-electron chi connectivity index (χ1n) is 14.2. The average Bonchev–Trinajstić information content (AvgIpc) is 3.10. The minimum absolute atomic E-state index is 0.0439. The van der Waals surface area contributed by atoms with Gasteiger partial charge in [0.05, 0.1) is 45.3 Å². The van der Waals surface area contributed by atoms with Crippen molar-refractivity contribution in [2.45, 2.75) is 39.2 Å². The van der Waals surface area contributed by atoms with Gasteiger partial charge in [0.2, 0.25) is 11.7 Å². The van der Waals surface area contributed by atoms with E-state index in [1.807, 2.05) is 71.6 Å². The van der Waals surface area contributed by atoms with Gasteiger partial charge in [-0.3, -0.25) is 9.59 Å². The highest BCUT2D eigenvalue weighted by molar-refractivity contribution is 6.02. The second-order valence-corrected chi connectivity index (χ2v) is 11.5. The molecule has 1 aliphatic heterocycles. The number of hydrogen-bond acceptors (Lipinski definition) is 7. The van der Waals surface area contributed by atoms with Gasteiger partial charge >= 0.3 is 0 Å². The number of fused-ring (bicyclic) bond motifs is 1. The van der Waals surface area contributed by atoms with Gasteiger partial charge in [0, 0.05) is 24.2 Å². The number of nitrogens with zero attached hydrogens (tertiary/aromatic N) is 1. The van der Waals surface area contributed by atoms with E-state index >= 15 is 0 Å². The number of methoxy groups -OCH3 is 3. The third kappa shape index (κ3) is 5.93. The lowest BCUT2D eigenvalue weighted by atomic mass is 9.73. The molecule has 3 aromatic rings. The van der Waals surface area contributed by atoms with E-state index in [1.165, 1.54) is 0 Å². The van der Waals surface area contributed by atoms with E-state index in [2.05, 4.69) is 24.5 Å². The zero-order chi connectivity index (χ0) is 29.9. The minimum atomic E-state index is -0.576. The van der Waals surface area contributed by atoms with Crippen LogP contribution in [0.25, 0.3) is 0 Å². The lowest BCUT2D eigenvalue weighted by molar-refractivity contribution is -0.120. The molecule has 8 nitrogen and oxygen atoms in total. The standard InChI is InChI=1S/C34H39N3O5/c1-34(2)19-25-31(27(38)20-34)32(23-17-28(40-3)33(42-5)29(18-23)41-4)37(26-14-10-9-13-24(26)36-25)21-30(39)35-16-15-22-11-7-6-8-12-22/h6-14,17-18,32,36H,15-16,19-21H2,1-5H3,(H,35,39). The third-order valence-corrected chi connectivity index (χ3v) is 7.90. The zero-order valence-electron chi connectivity index (χ0n) is 25.0. The molecule has 42 heavy (non-hydrogen) atoms. The summed E-state index contributed by atoms with van der Waals surface area (Å²) in [7, 11) is 4.70. The van der Waals surface area contributed by atoms with Gasteiger partial charge in [-0.05, 0) is 53.6 Å². The van der Waals surface area contributed by atoms with Crippen LogP contribution in [0.15, 0.2) is 78.0 Å². The summed E-state index contributed by atoms with van der Waals surface area (Å²) in [4.78, 5) is 29.6. The van der Waals surface area contributed by atoms with Gasteiger partial charge < -0.3 is 29.7 Å². The topological polar surface area (TPSA) is 89.1 Å². The van der Waals surface area contributed by atoms with Gasteiger partial charge in [0.25, 0.3) is 0 Å². The molecule has 0 saturated heterocycles. The molecule has 0 spiro atoms. The Hall–Kier alpha value is -4.46. The number of ether oxygens (including phenoxy) is 3. The second-order valence-electron chi connectivity index (χ2n) is 11.5. The molecular weight excluding hydrogens is 530 g/mol. The van der Waals surface area contributed by atoms with Crippen LogP contribution < -0.4 is 29.7 Å². The van der Waals surface area contributed by atoms with Crippen molar-refractivity contribution in [1.29, 1.82) is 0 Å². The minimum Gasteiger partial charge on any atom is -0.493 e. The van der Waals surface area contributed by atoms with Crippen LogP contribution in [0.2, 0.25) is 0 Å². The van der Waals surface area contributed by atoms with Crippen molar-refractivity contribution >= 4 is 23.1 Å². The Morgan fingerprint density at radius 3 is 2.29 bits per heavy atom. The number of amides is 1. The van der Waals surface area contributed by atoms with Crippen molar-refractivity contribution in [2.75, 3.05) is 44.6 Å². The molecule has 0 saturated carbocycles. The summed E-state index contributed by atoms with van der Waals surface area (Å²) in [6.07, 6.45) is 1.83. The highest BCUT2D eigenvalue weighted by Gasteiger charge is 2.42. The summed E-state index contributed by atoms with van der Waals surface area (Å²) in [6.45, 7) is 4.77. The maximum Gasteiger partial charge on any atom is 0.239 e. The second kappa shape index (κ2) is 12.2. The summed E-state index contributed by atoms with van der Waals surface area (Å²) in [6, 6.07) is 21.1. The predicted molar refractivity (Wildman–Crippen MR) is 164 cm³/mol. The largest absolute Gasteiger partial charge is 0.493 e. The van der Waals surface area contributed by atoms with Crippen molar-refractivity contribution in [1.82, 2.24) is 5.32 Å². The first-order chi connectivity index (χ1) is 20.2. The number of anilines is 2. The molecule has 5 rings (SSSR count). The van der Waals surface area contributed by atoms with Crippen LogP contribution in [-0.2, 0) is 16.0 Å². The molecule has 220 valence electrons. The smallest absolute Gasteiger partial charge is 0.239 e. The van der Waals surface area contributed by atoms with Crippen molar-refractivity contribution in [2.24, 2.45) is 5.41 Å². The quantitative estimate of drug-likeness (QED) is 0.342. The van der Waals surface area contributed by atoms with Gasteiger partial charge in [-0.25, -0.2) is 0 Å². The maximum absolute atomic E-state index is 14.0. The Balaban J connectivity index is 1.61. The van der Waals surface area contributed by atoms with Gasteiger partial charge in [0.1, 0.15) is 0 Å². The maximum atomic E-state index is 14.0. The number of para-hydroxylation sites is 2. The van der Waals surface area contributed by atoms with Gasteiger partial charge in [-0.2, -0.15) is 0 Å². The van der Waals surface area contributed by atoms with Crippen LogP contribution in [0.1, 0.15) is 43.9 Å². The monoisotopic (exact) mass is 569 g/mol. The Labute approximate surface area is 247 Å². The third-order valence-electron chi connectivity index (χ3n) is 7.90. The van der Waals surface area contributed by atoms with Crippen molar-refractivity contribution in [3.8, 4) is 17.2 Å². The fraction of sp³-hybridized carbons (Fsp3) is 0.353. The summed E-state index contributed by atoms with van der Waals surface area (Å²) >= 11 is 0. The number of nitrogens with one attached hydrogen (secondary N) is 2. The molecule has 2 N–H and O–H groups in total. The summed E-state index contributed by atoms with van der Waals surface area (Å²) in [5.74, 6) is 1.35. The molecule has 0 aromatic heterocycles. The van der Waals surface area contributed by atoms with Crippen LogP contribution in [0.3, 0.4) is 0 Å². The van der Waals surface area contributed by atoms with Crippen molar-refractivity contribution < 1.29 is 23.8 Å². The fourth-order valence-corrected chi connectivity index (χ4v) is 6.03. The molecule has 1 unspecified atom stereocenters. The van der Waals surface area contributed by atoms with Crippen LogP contribution in [0.4, 0.5) is 11.4 Å². The molecule has 1 atom stereocenters. The Morgan fingerprint density at radius 1 is 0.952 bits per heavy atom. The first-order valence-corrected chi connectivity index (χ1v) is 14.2. The lowest BCUT2D eigenvalue weighted by Crippen LogP contribution is -2.42. The lowest BCUT2D eigenvalue weighted by Gasteiger charge is -2.38. The number of allylic oxidation sites excluding steroid dienone is 1. The summed E-state index contributed by atoms with van der Waals surface area (Å²) in [5.41, 5.74) is 4.91. The van der Waals surface area contributed by atoms with E-state index in [0.29, 0.717) is 42.2 Å². The molecular formula is C34H39N3O5. The molecule has 1 heterocycles. The van der Waals surface area contributed by atoms with Crippen LogP contribution in [0.5, 0.6) is 17.2 Å². The number of benzene rings is 3. The Kier molecular flexibility index (Phi) is 8.43. The molecule has 1 amide bonds. The number of hydrogen-bond donors (Lipinski definition) is 2. The summed E-state index contributed by atoms with van der Waals surface area (Å²) < 4.78 is 17.0. The van der Waals surface area contributed by atoms with Crippen molar-refractivity contribution in [3.63, 3.8) is 0 Å². The summed E-state index contributed by atoms with van der Waals surface area (Å²) in [5, 5.41) is 6.68. The van der Waals surface area contributed by atoms with E-state index in [0.717, 1.165) is 34.6 Å². The number of carbonyl (C=O) groups is 2. The SMILES string of the molecule is COc1cc(C2C3=C(CC(C)(C)CC3=O)Nc3ccccc3N2CC(=O)NCCc2ccccc2)cc(OC)c1OC. The van der Waals surface area contributed by atoms with Crippen LogP contribution in [-0.4, -0.2) is 46.1 Å². The Bertz CT molecular complexity index is 1470. The van der Waals surface area contributed by atoms with Crippen LogP contribution >= 0.6 is 0 Å². The molecule has 1 aliphatic carbocycles. The van der Waals surface area contributed by atoms with E-state index < -0.39 is 6.04 Å². The Morgan fingerprint density at radius 2 is 1.62 bits per heavy atom. The van der Waals surface area contributed by atoms with Crippen molar-refractivity contribution in [3.05, 3.63) is 89.1 Å².